The molecule has 4 N–H and O–H groups in total. The van der Waals surface area contributed by atoms with Gasteiger partial charge in [-0.2, -0.15) is 5.10 Å². The SMILES string of the molecule is N[C@@H]1CCCN(c2c(F)cccc2NC(=O)c2csc(-c3cnn(CC4CC=CC=C4CO)c3)n2)C1. The summed E-state index contributed by atoms with van der Waals surface area (Å²) in [4.78, 5) is 19.4. The number of rotatable bonds is 7. The van der Waals surface area contributed by atoms with Gasteiger partial charge in [0, 0.05) is 48.7 Å². The van der Waals surface area contributed by atoms with Crippen molar-refractivity contribution in [2.24, 2.45) is 11.7 Å². The van der Waals surface area contributed by atoms with E-state index in [1.165, 1.54) is 17.4 Å². The number of aliphatic hydroxyl groups is 1. The fourth-order valence-corrected chi connectivity index (χ4v) is 5.52. The maximum atomic E-state index is 14.8. The molecule has 188 valence electrons. The van der Waals surface area contributed by atoms with Gasteiger partial charge in [0.25, 0.3) is 5.91 Å². The molecule has 3 aromatic rings. The predicted molar refractivity (Wildman–Crippen MR) is 140 cm³/mol. The molecule has 0 saturated carbocycles. The highest BCUT2D eigenvalue weighted by Gasteiger charge is 2.24. The Morgan fingerprint density at radius 2 is 2.25 bits per heavy atom. The number of thiazole rings is 1. The van der Waals surface area contributed by atoms with Crippen LogP contribution in [0, 0.1) is 11.7 Å². The molecule has 1 saturated heterocycles. The Bertz CT molecular complexity index is 1300. The molecule has 1 unspecified atom stereocenters. The van der Waals surface area contributed by atoms with Gasteiger partial charge in [0.2, 0.25) is 0 Å². The number of halogens is 1. The van der Waals surface area contributed by atoms with Crippen LogP contribution >= 0.6 is 11.3 Å². The minimum absolute atomic E-state index is 0.0234. The zero-order valence-electron chi connectivity index (χ0n) is 19.8. The van der Waals surface area contributed by atoms with Gasteiger partial charge in [0.15, 0.2) is 0 Å². The highest BCUT2D eigenvalue weighted by atomic mass is 32.1. The number of carbonyl (C=O) groups is 1. The molecule has 36 heavy (non-hydrogen) atoms. The zero-order valence-corrected chi connectivity index (χ0v) is 20.6. The minimum atomic E-state index is -0.398. The van der Waals surface area contributed by atoms with Crippen LogP contribution in [0.2, 0.25) is 0 Å². The number of hydrogen-bond donors (Lipinski definition) is 3. The fourth-order valence-electron chi connectivity index (χ4n) is 4.74. The van der Waals surface area contributed by atoms with Gasteiger partial charge in [-0.3, -0.25) is 9.48 Å². The molecule has 1 aliphatic heterocycles. The quantitative estimate of drug-likeness (QED) is 0.448. The van der Waals surface area contributed by atoms with Crippen molar-refractivity contribution in [2.75, 3.05) is 29.9 Å². The highest BCUT2D eigenvalue weighted by Crippen LogP contribution is 2.32. The standard InChI is InChI=1S/C26H29FN6O2S/c27-21-8-3-9-22(24(21)32-10-4-7-20(28)14-32)30-25(35)23-16-36-26(31-23)19-11-29-33(13-19)12-17-5-1-2-6-18(17)15-34/h1-3,6,8-9,11,13,16-17,20,34H,4-5,7,10,12,14-15,28H2,(H,30,35)/t17?,20-/m1/s1. The van der Waals surface area contributed by atoms with Crippen LogP contribution in [0.25, 0.3) is 10.6 Å². The molecule has 5 rings (SSSR count). The lowest BCUT2D eigenvalue weighted by atomic mass is 9.92. The van der Waals surface area contributed by atoms with Gasteiger partial charge in [-0.05, 0) is 37.0 Å². The van der Waals surface area contributed by atoms with Crippen molar-refractivity contribution in [3.8, 4) is 10.6 Å². The second-order valence-corrected chi connectivity index (χ2v) is 10.0. The molecular formula is C26H29FN6O2S. The Morgan fingerprint density at radius 3 is 3.08 bits per heavy atom. The summed E-state index contributed by atoms with van der Waals surface area (Å²) in [6, 6.07) is 4.65. The first-order valence-electron chi connectivity index (χ1n) is 12.1. The smallest absolute Gasteiger partial charge is 0.275 e. The summed E-state index contributed by atoms with van der Waals surface area (Å²) in [7, 11) is 0. The van der Waals surface area contributed by atoms with Crippen LogP contribution in [0.3, 0.4) is 0 Å². The third-order valence-corrected chi connectivity index (χ3v) is 7.50. The Labute approximate surface area is 213 Å². The van der Waals surface area contributed by atoms with E-state index in [-0.39, 0.29) is 30.1 Å². The summed E-state index contributed by atoms with van der Waals surface area (Å²) in [5.74, 6) is -0.592. The van der Waals surface area contributed by atoms with E-state index in [2.05, 4.69) is 21.5 Å². The molecule has 0 radical (unpaired) electrons. The average Bonchev–Trinajstić information content (AvgIpc) is 3.54. The van der Waals surface area contributed by atoms with Crippen LogP contribution < -0.4 is 16.0 Å². The number of piperidine rings is 1. The Hall–Kier alpha value is -3.34. The van der Waals surface area contributed by atoms with Gasteiger partial charge in [0.05, 0.1) is 24.2 Å². The number of aromatic nitrogens is 3. The predicted octanol–water partition coefficient (Wildman–Crippen LogP) is 3.82. The van der Waals surface area contributed by atoms with Gasteiger partial charge in [-0.25, -0.2) is 9.37 Å². The Kier molecular flexibility index (Phi) is 7.26. The number of nitrogens with zero attached hydrogens (tertiary/aromatic N) is 4. The van der Waals surface area contributed by atoms with Crippen molar-refractivity contribution in [1.82, 2.24) is 14.8 Å². The lowest BCUT2D eigenvalue weighted by Crippen LogP contribution is -2.43. The van der Waals surface area contributed by atoms with Crippen LogP contribution in [0.1, 0.15) is 29.8 Å². The van der Waals surface area contributed by atoms with Gasteiger partial charge in [-0.15, -0.1) is 11.3 Å². The van der Waals surface area contributed by atoms with Crippen LogP contribution in [0.4, 0.5) is 15.8 Å². The Morgan fingerprint density at radius 1 is 1.36 bits per heavy atom. The summed E-state index contributed by atoms with van der Waals surface area (Å²) in [5, 5.41) is 19.2. The lowest BCUT2D eigenvalue weighted by molar-refractivity contribution is 0.102. The number of nitrogens with one attached hydrogen (secondary N) is 1. The van der Waals surface area contributed by atoms with E-state index in [9.17, 15) is 14.3 Å². The number of carbonyl (C=O) groups excluding carboxylic acids is 1. The van der Waals surface area contributed by atoms with E-state index in [1.807, 2.05) is 27.9 Å². The number of aliphatic hydroxyl groups excluding tert-OH is 1. The Balaban J connectivity index is 1.29. The number of hydrogen-bond acceptors (Lipinski definition) is 7. The fraction of sp³-hybridized carbons (Fsp3) is 0.346. The van der Waals surface area contributed by atoms with E-state index in [1.54, 1.807) is 23.7 Å². The largest absolute Gasteiger partial charge is 0.392 e. The van der Waals surface area contributed by atoms with Crippen LogP contribution in [0.15, 0.2) is 59.8 Å². The summed E-state index contributed by atoms with van der Waals surface area (Å²) in [6.45, 7) is 1.92. The van der Waals surface area contributed by atoms with Crippen molar-refractivity contribution in [3.05, 3.63) is 71.3 Å². The first-order chi connectivity index (χ1) is 17.5. The minimum Gasteiger partial charge on any atom is -0.392 e. The van der Waals surface area contributed by atoms with Crippen LogP contribution in [0.5, 0.6) is 0 Å². The third kappa shape index (κ3) is 5.25. The molecule has 8 nitrogen and oxygen atoms in total. The molecule has 1 aromatic carbocycles. The molecule has 2 aliphatic rings. The van der Waals surface area contributed by atoms with Gasteiger partial charge < -0.3 is 21.1 Å². The van der Waals surface area contributed by atoms with Crippen molar-refractivity contribution in [3.63, 3.8) is 0 Å². The van der Waals surface area contributed by atoms with E-state index in [0.29, 0.717) is 36.0 Å². The molecule has 2 atom stereocenters. The maximum absolute atomic E-state index is 14.8. The first-order valence-corrected chi connectivity index (χ1v) is 12.9. The summed E-state index contributed by atoms with van der Waals surface area (Å²) >= 11 is 1.35. The average molecular weight is 509 g/mol. The molecule has 2 aromatic heterocycles. The van der Waals surface area contributed by atoms with Crippen LogP contribution in [-0.2, 0) is 6.54 Å². The van der Waals surface area contributed by atoms with Crippen molar-refractivity contribution in [2.45, 2.75) is 31.8 Å². The maximum Gasteiger partial charge on any atom is 0.275 e. The molecule has 0 bridgehead atoms. The zero-order chi connectivity index (χ0) is 25.1. The number of nitrogens with two attached hydrogens (primary N) is 1. The topological polar surface area (TPSA) is 109 Å². The van der Waals surface area contributed by atoms with E-state index < -0.39 is 5.91 Å². The monoisotopic (exact) mass is 508 g/mol. The molecule has 10 heteroatoms. The lowest BCUT2D eigenvalue weighted by Gasteiger charge is -2.34. The summed E-state index contributed by atoms with van der Waals surface area (Å²) in [6.07, 6.45) is 12.3. The van der Waals surface area contributed by atoms with Gasteiger partial charge >= 0.3 is 0 Å². The second-order valence-electron chi connectivity index (χ2n) is 9.19. The van der Waals surface area contributed by atoms with Gasteiger partial charge in [-0.1, -0.05) is 24.3 Å². The second kappa shape index (κ2) is 10.7. The van der Waals surface area contributed by atoms with Crippen LogP contribution in [-0.4, -0.2) is 51.5 Å². The highest BCUT2D eigenvalue weighted by molar-refractivity contribution is 7.13. The molecule has 1 amide bonds. The summed E-state index contributed by atoms with van der Waals surface area (Å²) < 4.78 is 16.6. The molecule has 3 heterocycles. The number of anilines is 2. The van der Waals surface area contributed by atoms with Crippen molar-refractivity contribution in [1.29, 1.82) is 0 Å². The molecule has 1 fully saturated rings. The van der Waals surface area contributed by atoms with Gasteiger partial charge in [0.1, 0.15) is 16.5 Å². The van der Waals surface area contributed by atoms with Crippen molar-refractivity contribution < 1.29 is 14.3 Å². The molecule has 0 spiro atoms. The van der Waals surface area contributed by atoms with E-state index >= 15 is 0 Å². The molecule has 1 aliphatic carbocycles. The van der Waals surface area contributed by atoms with Crippen molar-refractivity contribution >= 4 is 28.6 Å². The number of allylic oxidation sites excluding steroid dienone is 3. The number of amides is 1. The number of benzene rings is 1. The first kappa shape index (κ1) is 24.4. The number of para-hydroxylation sites is 1. The summed E-state index contributed by atoms with van der Waals surface area (Å²) in [5.41, 5.74) is 8.94. The van der Waals surface area contributed by atoms with E-state index in [0.717, 1.165) is 30.4 Å². The third-order valence-electron chi connectivity index (χ3n) is 6.61. The van der Waals surface area contributed by atoms with E-state index in [4.69, 9.17) is 5.73 Å². The normalized spacial score (nSPS) is 19.9. The molecular weight excluding hydrogens is 479 g/mol.